The SMILES string of the molecule is CCOc1cc(C2CCCNC2)c(OC)cc1C(F)(F)F.Cl. The molecule has 1 aliphatic rings. The van der Waals surface area contributed by atoms with Crippen LogP contribution in [-0.2, 0) is 6.18 Å². The number of piperidine rings is 1. The molecular formula is C15H21ClF3NO2. The predicted octanol–water partition coefficient (Wildman–Crippen LogP) is 4.00. The highest BCUT2D eigenvalue weighted by Crippen LogP contribution is 2.43. The van der Waals surface area contributed by atoms with E-state index in [1.807, 2.05) is 0 Å². The molecule has 7 heteroatoms. The molecule has 1 fully saturated rings. The summed E-state index contributed by atoms with van der Waals surface area (Å²) in [5.74, 6) is 0.307. The summed E-state index contributed by atoms with van der Waals surface area (Å²) in [6.07, 6.45) is -2.53. The average molecular weight is 340 g/mol. The molecule has 0 spiro atoms. The highest BCUT2D eigenvalue weighted by Gasteiger charge is 2.36. The molecule has 1 aromatic rings. The molecular weight excluding hydrogens is 319 g/mol. The van der Waals surface area contributed by atoms with Crippen molar-refractivity contribution in [1.29, 1.82) is 0 Å². The standard InChI is InChI=1S/C15H20F3NO2.ClH/c1-3-21-14-7-11(10-5-4-6-19-9-10)13(20-2)8-12(14)15(16,17)18;/h7-8,10,19H,3-6,9H2,1-2H3;1H. The number of hydrogen-bond acceptors (Lipinski definition) is 3. The number of ether oxygens (including phenoxy) is 2. The highest BCUT2D eigenvalue weighted by molar-refractivity contribution is 5.85. The van der Waals surface area contributed by atoms with E-state index in [9.17, 15) is 13.2 Å². The number of hydrogen-bond donors (Lipinski definition) is 1. The van der Waals surface area contributed by atoms with Crippen molar-refractivity contribution in [2.75, 3.05) is 26.8 Å². The van der Waals surface area contributed by atoms with Crippen LogP contribution in [0.2, 0.25) is 0 Å². The summed E-state index contributed by atoms with van der Waals surface area (Å²) < 4.78 is 49.7. The Morgan fingerprint density at radius 2 is 2.00 bits per heavy atom. The number of halogens is 4. The number of rotatable bonds is 4. The largest absolute Gasteiger partial charge is 0.496 e. The van der Waals surface area contributed by atoms with E-state index in [1.165, 1.54) is 13.2 Å². The Balaban J connectivity index is 0.00000242. The van der Waals surface area contributed by atoms with Gasteiger partial charge in [0.25, 0.3) is 0 Å². The smallest absolute Gasteiger partial charge is 0.420 e. The van der Waals surface area contributed by atoms with Crippen LogP contribution >= 0.6 is 12.4 Å². The molecule has 0 saturated carbocycles. The molecule has 1 unspecified atom stereocenters. The molecule has 2 rings (SSSR count). The van der Waals surface area contributed by atoms with Crippen molar-refractivity contribution in [3.8, 4) is 11.5 Å². The lowest BCUT2D eigenvalue weighted by Gasteiger charge is -2.26. The molecule has 1 heterocycles. The topological polar surface area (TPSA) is 30.5 Å². The van der Waals surface area contributed by atoms with Crippen molar-refractivity contribution < 1.29 is 22.6 Å². The molecule has 22 heavy (non-hydrogen) atoms. The lowest BCUT2D eigenvalue weighted by atomic mass is 9.90. The first-order chi connectivity index (χ1) is 9.97. The number of benzene rings is 1. The third-order valence-electron chi connectivity index (χ3n) is 3.67. The lowest BCUT2D eigenvalue weighted by Crippen LogP contribution is -2.28. The Bertz CT molecular complexity index is 488. The third-order valence-corrected chi connectivity index (χ3v) is 3.67. The summed E-state index contributed by atoms with van der Waals surface area (Å²) in [4.78, 5) is 0. The van der Waals surface area contributed by atoms with Crippen molar-refractivity contribution in [3.05, 3.63) is 23.3 Å². The maximum absolute atomic E-state index is 13.1. The van der Waals surface area contributed by atoms with E-state index in [0.717, 1.165) is 37.6 Å². The van der Waals surface area contributed by atoms with Gasteiger partial charge in [-0.3, -0.25) is 0 Å². The summed E-state index contributed by atoms with van der Waals surface area (Å²) in [7, 11) is 1.40. The van der Waals surface area contributed by atoms with E-state index in [1.54, 1.807) is 6.92 Å². The average Bonchev–Trinajstić information content (AvgIpc) is 2.47. The normalized spacial score (nSPS) is 18.5. The van der Waals surface area contributed by atoms with Crippen LogP contribution < -0.4 is 14.8 Å². The van der Waals surface area contributed by atoms with Gasteiger partial charge in [0.1, 0.15) is 17.1 Å². The Kier molecular flexibility index (Phi) is 6.81. The predicted molar refractivity (Wildman–Crippen MR) is 81.3 cm³/mol. The van der Waals surface area contributed by atoms with Crippen LogP contribution in [0.5, 0.6) is 11.5 Å². The van der Waals surface area contributed by atoms with Crippen molar-refractivity contribution in [1.82, 2.24) is 5.32 Å². The van der Waals surface area contributed by atoms with Gasteiger partial charge in [-0.1, -0.05) is 0 Å². The second-order valence-electron chi connectivity index (χ2n) is 5.06. The van der Waals surface area contributed by atoms with Gasteiger partial charge < -0.3 is 14.8 Å². The van der Waals surface area contributed by atoms with E-state index in [4.69, 9.17) is 9.47 Å². The molecule has 3 nitrogen and oxygen atoms in total. The van der Waals surface area contributed by atoms with Gasteiger partial charge in [-0.05, 0) is 38.4 Å². The van der Waals surface area contributed by atoms with Gasteiger partial charge in [0, 0.05) is 18.0 Å². The fraction of sp³-hybridized carbons (Fsp3) is 0.600. The Morgan fingerprint density at radius 3 is 2.50 bits per heavy atom. The zero-order valence-electron chi connectivity index (χ0n) is 12.6. The van der Waals surface area contributed by atoms with E-state index < -0.39 is 11.7 Å². The van der Waals surface area contributed by atoms with Crippen LogP contribution in [0.15, 0.2) is 12.1 Å². The maximum Gasteiger partial charge on any atom is 0.420 e. The van der Waals surface area contributed by atoms with Gasteiger partial charge in [-0.25, -0.2) is 0 Å². The molecule has 1 atom stereocenters. The summed E-state index contributed by atoms with van der Waals surface area (Å²) in [5.41, 5.74) is -0.00475. The van der Waals surface area contributed by atoms with Crippen molar-refractivity contribution in [2.45, 2.75) is 31.9 Å². The van der Waals surface area contributed by atoms with Gasteiger partial charge in [0.05, 0.1) is 13.7 Å². The molecule has 126 valence electrons. The minimum absolute atomic E-state index is 0. The van der Waals surface area contributed by atoms with Crippen molar-refractivity contribution in [3.63, 3.8) is 0 Å². The molecule has 0 radical (unpaired) electrons. The second-order valence-corrected chi connectivity index (χ2v) is 5.06. The molecule has 1 N–H and O–H groups in total. The van der Waals surface area contributed by atoms with Crippen LogP contribution in [0, 0.1) is 0 Å². The molecule has 1 aromatic carbocycles. The lowest BCUT2D eigenvalue weighted by molar-refractivity contribution is -0.139. The van der Waals surface area contributed by atoms with Gasteiger partial charge in [-0.2, -0.15) is 13.2 Å². The molecule has 1 saturated heterocycles. The molecule has 1 aliphatic heterocycles. The fourth-order valence-corrected chi connectivity index (χ4v) is 2.69. The summed E-state index contributed by atoms with van der Waals surface area (Å²) in [6, 6.07) is 2.54. The monoisotopic (exact) mass is 339 g/mol. The van der Waals surface area contributed by atoms with E-state index in [0.29, 0.717) is 0 Å². The van der Waals surface area contributed by atoms with Crippen molar-refractivity contribution >= 4 is 12.4 Å². The molecule has 0 bridgehead atoms. The Labute approximate surface area is 134 Å². The maximum atomic E-state index is 13.1. The zero-order valence-corrected chi connectivity index (χ0v) is 13.4. The van der Waals surface area contributed by atoms with E-state index in [2.05, 4.69) is 5.32 Å². The van der Waals surface area contributed by atoms with Gasteiger partial charge in [0.2, 0.25) is 0 Å². The minimum atomic E-state index is -4.46. The summed E-state index contributed by atoms with van der Waals surface area (Å²) in [6.45, 7) is 3.55. The van der Waals surface area contributed by atoms with Crippen LogP contribution in [0.1, 0.15) is 36.8 Å². The first-order valence-electron chi connectivity index (χ1n) is 7.10. The molecule has 0 amide bonds. The zero-order chi connectivity index (χ0) is 15.5. The molecule has 0 aliphatic carbocycles. The van der Waals surface area contributed by atoms with E-state index in [-0.39, 0.29) is 36.4 Å². The third kappa shape index (κ3) is 4.20. The van der Waals surface area contributed by atoms with Crippen LogP contribution in [0.3, 0.4) is 0 Å². The number of nitrogens with one attached hydrogen (secondary N) is 1. The first kappa shape index (κ1) is 18.9. The summed E-state index contributed by atoms with van der Waals surface area (Å²) >= 11 is 0. The number of alkyl halides is 3. The first-order valence-corrected chi connectivity index (χ1v) is 7.10. The van der Waals surface area contributed by atoms with Crippen LogP contribution in [0.4, 0.5) is 13.2 Å². The van der Waals surface area contributed by atoms with Gasteiger partial charge >= 0.3 is 6.18 Å². The van der Waals surface area contributed by atoms with Gasteiger partial charge in [0.15, 0.2) is 0 Å². The summed E-state index contributed by atoms with van der Waals surface area (Å²) in [5, 5.41) is 3.26. The highest BCUT2D eigenvalue weighted by atomic mass is 35.5. The Hall–Kier alpha value is -1.14. The van der Waals surface area contributed by atoms with Crippen molar-refractivity contribution in [2.24, 2.45) is 0 Å². The minimum Gasteiger partial charge on any atom is -0.496 e. The van der Waals surface area contributed by atoms with Gasteiger partial charge in [-0.15, -0.1) is 12.4 Å². The van der Waals surface area contributed by atoms with E-state index >= 15 is 0 Å². The molecule has 0 aromatic heterocycles. The second kappa shape index (κ2) is 7.92. The number of methoxy groups -OCH3 is 1. The van der Waals surface area contributed by atoms with Crippen LogP contribution in [-0.4, -0.2) is 26.8 Å². The fourth-order valence-electron chi connectivity index (χ4n) is 2.69. The van der Waals surface area contributed by atoms with Crippen LogP contribution in [0.25, 0.3) is 0 Å². The Morgan fingerprint density at radius 1 is 1.27 bits per heavy atom. The quantitative estimate of drug-likeness (QED) is 0.899.